The molecule has 0 saturated carbocycles. The number of nitrogens with two attached hydrogens (primary N) is 1. The Morgan fingerprint density at radius 1 is 1.25 bits per heavy atom. The van der Waals surface area contributed by atoms with Gasteiger partial charge >= 0.3 is 0 Å². The molecule has 4 nitrogen and oxygen atoms in total. The van der Waals surface area contributed by atoms with Crippen molar-refractivity contribution in [2.75, 3.05) is 19.8 Å². The SMILES string of the molecule is NC/N=C\CNCC1(c2ccc(F)cc2)OC1c1ccccc1Cl. The molecule has 1 aliphatic heterocycles. The first-order chi connectivity index (χ1) is 11.7. The molecule has 6 heteroatoms. The number of hydrogen-bond donors (Lipinski definition) is 2. The molecule has 2 atom stereocenters. The highest BCUT2D eigenvalue weighted by atomic mass is 35.5. The standard InChI is InChI=1S/C18H19ClFN3O/c19-16-4-2-1-3-15(16)17-18(24-17,11-22-9-10-23-12-21)13-5-7-14(20)8-6-13/h1-8,10,17,22H,9,11-12,21H2/b23-10-. The van der Waals surface area contributed by atoms with Gasteiger partial charge in [-0.05, 0) is 23.8 Å². The summed E-state index contributed by atoms with van der Waals surface area (Å²) in [7, 11) is 0. The van der Waals surface area contributed by atoms with E-state index in [0.29, 0.717) is 18.1 Å². The van der Waals surface area contributed by atoms with Gasteiger partial charge in [0.2, 0.25) is 0 Å². The van der Waals surface area contributed by atoms with Crippen LogP contribution in [0.3, 0.4) is 0 Å². The van der Waals surface area contributed by atoms with Gasteiger partial charge in [-0.2, -0.15) is 0 Å². The second-order valence-electron chi connectivity index (χ2n) is 5.59. The van der Waals surface area contributed by atoms with E-state index in [2.05, 4.69) is 10.3 Å². The van der Waals surface area contributed by atoms with Crippen molar-refractivity contribution in [3.05, 3.63) is 70.5 Å². The van der Waals surface area contributed by atoms with Gasteiger partial charge in [-0.3, -0.25) is 4.99 Å². The predicted octanol–water partition coefficient (Wildman–Crippen LogP) is 3.02. The smallest absolute Gasteiger partial charge is 0.137 e. The molecule has 1 fully saturated rings. The third-order valence-corrected chi connectivity index (χ3v) is 4.42. The Morgan fingerprint density at radius 3 is 2.71 bits per heavy atom. The predicted molar refractivity (Wildman–Crippen MR) is 93.8 cm³/mol. The lowest BCUT2D eigenvalue weighted by atomic mass is 9.91. The number of hydrogen-bond acceptors (Lipinski definition) is 4. The van der Waals surface area contributed by atoms with E-state index in [1.54, 1.807) is 18.3 Å². The minimum Gasteiger partial charge on any atom is -0.354 e. The topological polar surface area (TPSA) is 62.9 Å². The van der Waals surface area contributed by atoms with E-state index in [-0.39, 0.29) is 18.6 Å². The van der Waals surface area contributed by atoms with Gasteiger partial charge in [0.15, 0.2) is 0 Å². The summed E-state index contributed by atoms with van der Waals surface area (Å²) in [5.74, 6) is -0.271. The molecular weight excluding hydrogens is 329 g/mol. The number of nitrogens with zero attached hydrogens (tertiary/aromatic N) is 1. The second-order valence-corrected chi connectivity index (χ2v) is 6.00. The van der Waals surface area contributed by atoms with Crippen LogP contribution < -0.4 is 11.1 Å². The van der Waals surface area contributed by atoms with Crippen LogP contribution in [0.1, 0.15) is 17.2 Å². The molecule has 0 aliphatic carbocycles. The number of benzene rings is 2. The minimum atomic E-state index is -0.560. The van der Waals surface area contributed by atoms with Crippen LogP contribution in [0.2, 0.25) is 5.02 Å². The van der Waals surface area contributed by atoms with Crippen molar-refractivity contribution in [2.24, 2.45) is 10.7 Å². The summed E-state index contributed by atoms with van der Waals surface area (Å²) in [5.41, 5.74) is 6.61. The molecule has 1 aliphatic rings. The summed E-state index contributed by atoms with van der Waals surface area (Å²) in [5, 5.41) is 3.95. The molecule has 1 saturated heterocycles. The number of nitrogens with one attached hydrogen (secondary N) is 1. The van der Waals surface area contributed by atoms with Gasteiger partial charge in [0, 0.05) is 29.9 Å². The average Bonchev–Trinajstić information content (AvgIpc) is 3.31. The van der Waals surface area contributed by atoms with Crippen molar-refractivity contribution in [1.29, 1.82) is 0 Å². The third-order valence-electron chi connectivity index (χ3n) is 4.07. The molecule has 0 aromatic heterocycles. The van der Waals surface area contributed by atoms with Crippen LogP contribution in [0.15, 0.2) is 53.5 Å². The van der Waals surface area contributed by atoms with E-state index in [4.69, 9.17) is 22.1 Å². The van der Waals surface area contributed by atoms with Crippen LogP contribution in [0.25, 0.3) is 0 Å². The number of rotatable bonds is 7. The van der Waals surface area contributed by atoms with E-state index in [9.17, 15) is 4.39 Å². The lowest BCUT2D eigenvalue weighted by Gasteiger charge is -2.15. The average molecular weight is 348 g/mol. The largest absolute Gasteiger partial charge is 0.354 e. The van der Waals surface area contributed by atoms with Gasteiger partial charge < -0.3 is 15.8 Å². The Morgan fingerprint density at radius 2 is 2.00 bits per heavy atom. The van der Waals surface area contributed by atoms with Crippen LogP contribution in [-0.4, -0.2) is 26.0 Å². The zero-order chi connectivity index (χ0) is 17.0. The highest BCUT2D eigenvalue weighted by molar-refractivity contribution is 6.31. The molecule has 1 heterocycles. The molecule has 0 radical (unpaired) electrons. The maximum Gasteiger partial charge on any atom is 0.137 e. The molecule has 0 amide bonds. The fraction of sp³-hybridized carbons (Fsp3) is 0.278. The Bertz CT molecular complexity index is 722. The van der Waals surface area contributed by atoms with Crippen molar-refractivity contribution >= 4 is 17.8 Å². The fourth-order valence-electron chi connectivity index (χ4n) is 2.83. The van der Waals surface area contributed by atoms with E-state index in [1.165, 1.54) is 12.1 Å². The van der Waals surface area contributed by atoms with Crippen molar-refractivity contribution < 1.29 is 9.13 Å². The number of epoxide rings is 1. The van der Waals surface area contributed by atoms with Gasteiger partial charge in [-0.15, -0.1) is 0 Å². The van der Waals surface area contributed by atoms with Gasteiger partial charge in [-0.1, -0.05) is 41.9 Å². The first-order valence-electron chi connectivity index (χ1n) is 7.75. The van der Waals surface area contributed by atoms with E-state index in [1.807, 2.05) is 24.3 Å². The zero-order valence-corrected chi connectivity index (χ0v) is 13.8. The number of ether oxygens (including phenoxy) is 1. The molecule has 2 unspecified atom stereocenters. The Labute approximate surface area is 145 Å². The summed E-state index contributed by atoms with van der Waals surface area (Å²) in [4.78, 5) is 3.97. The molecule has 126 valence electrons. The van der Waals surface area contributed by atoms with Crippen LogP contribution in [0.4, 0.5) is 4.39 Å². The Balaban J connectivity index is 1.82. The molecule has 24 heavy (non-hydrogen) atoms. The molecule has 3 N–H and O–H groups in total. The minimum absolute atomic E-state index is 0.171. The lowest BCUT2D eigenvalue weighted by molar-refractivity contribution is 0.290. The van der Waals surface area contributed by atoms with Crippen molar-refractivity contribution in [3.8, 4) is 0 Å². The highest BCUT2D eigenvalue weighted by Gasteiger charge is 2.58. The molecule has 0 spiro atoms. The quantitative estimate of drug-likeness (QED) is 0.460. The van der Waals surface area contributed by atoms with Crippen LogP contribution >= 0.6 is 11.6 Å². The van der Waals surface area contributed by atoms with Crippen LogP contribution in [0.5, 0.6) is 0 Å². The summed E-state index contributed by atoms with van der Waals surface area (Å²) >= 11 is 6.31. The van der Waals surface area contributed by atoms with Gasteiger partial charge in [-0.25, -0.2) is 4.39 Å². The van der Waals surface area contributed by atoms with E-state index < -0.39 is 5.60 Å². The highest BCUT2D eigenvalue weighted by Crippen LogP contribution is 2.57. The fourth-order valence-corrected chi connectivity index (χ4v) is 3.06. The lowest BCUT2D eigenvalue weighted by Crippen LogP contribution is -2.30. The summed E-state index contributed by atoms with van der Waals surface area (Å²) in [6.07, 6.45) is 1.56. The van der Waals surface area contributed by atoms with Crippen LogP contribution in [-0.2, 0) is 10.3 Å². The zero-order valence-electron chi connectivity index (χ0n) is 13.1. The molecular formula is C18H19ClFN3O. The van der Waals surface area contributed by atoms with E-state index >= 15 is 0 Å². The number of halogens is 2. The molecule has 0 bridgehead atoms. The van der Waals surface area contributed by atoms with E-state index in [0.717, 1.165) is 11.1 Å². The normalized spacial score (nSPS) is 22.9. The van der Waals surface area contributed by atoms with Crippen LogP contribution in [0, 0.1) is 5.82 Å². The first kappa shape index (κ1) is 17.0. The number of aliphatic imine (C=N–C) groups is 1. The first-order valence-corrected chi connectivity index (χ1v) is 8.12. The van der Waals surface area contributed by atoms with Gasteiger partial charge in [0.05, 0.1) is 6.67 Å². The molecule has 2 aromatic rings. The monoisotopic (exact) mass is 347 g/mol. The Kier molecular flexibility index (Phi) is 5.26. The van der Waals surface area contributed by atoms with Crippen molar-refractivity contribution in [3.63, 3.8) is 0 Å². The van der Waals surface area contributed by atoms with Crippen molar-refractivity contribution in [1.82, 2.24) is 5.32 Å². The van der Waals surface area contributed by atoms with Crippen molar-refractivity contribution in [2.45, 2.75) is 11.7 Å². The van der Waals surface area contributed by atoms with Gasteiger partial charge in [0.1, 0.15) is 17.5 Å². The summed E-state index contributed by atoms with van der Waals surface area (Å²) in [6.45, 7) is 1.41. The summed E-state index contributed by atoms with van der Waals surface area (Å²) < 4.78 is 19.3. The maximum absolute atomic E-state index is 13.3. The van der Waals surface area contributed by atoms with Gasteiger partial charge in [0.25, 0.3) is 0 Å². The molecule has 2 aromatic carbocycles. The summed E-state index contributed by atoms with van der Waals surface area (Å²) in [6, 6.07) is 14.0. The third kappa shape index (κ3) is 3.49. The Hall–Kier alpha value is -1.79. The maximum atomic E-state index is 13.3. The second kappa shape index (κ2) is 7.40. The molecule has 3 rings (SSSR count).